The van der Waals surface area contributed by atoms with E-state index in [-0.39, 0.29) is 11.3 Å². The summed E-state index contributed by atoms with van der Waals surface area (Å²) in [5.41, 5.74) is 3.02. The Hall–Kier alpha value is -2.83. The number of aromatic hydroxyl groups is 1. The lowest BCUT2D eigenvalue weighted by molar-refractivity contribution is -0.197. The van der Waals surface area contributed by atoms with Crippen molar-refractivity contribution in [2.75, 3.05) is 34.2 Å². The number of likely N-dealkylation sites (tertiary alicyclic amines) is 1. The van der Waals surface area contributed by atoms with Gasteiger partial charge in [-0.2, -0.15) is 0 Å². The standard InChI is InChI=1S/C29H38N3O8/c1-31(2)21-20-23(34)16-12-15-7-6-14(5-4-13-8-10-32(3)11-9-13)22(33)17(15)24(35)18(16)26(37)29(20,40)27(38)19(25(21)36)28(30)39/h6-7,12-13,16,19-21,23,25,33-36,40H,4-5,8-11H2,1-3H3,(H2,30,39)/t16-,19?,20-,21+,23+,25?,29+/m0/s1. The summed E-state index contributed by atoms with van der Waals surface area (Å²) in [6, 6.07) is 2.28. The molecule has 3 aliphatic carbocycles. The second-order valence-electron chi connectivity index (χ2n) is 12.1. The number of benzene rings is 1. The fourth-order valence-electron chi connectivity index (χ4n) is 7.33. The molecule has 217 valence electrons. The number of phenolic OH excluding ortho intramolecular Hbond substituents is 1. The molecule has 0 bridgehead atoms. The quantitative estimate of drug-likeness (QED) is 0.256. The van der Waals surface area contributed by atoms with Gasteiger partial charge in [-0.3, -0.25) is 14.4 Å². The minimum atomic E-state index is -2.93. The van der Waals surface area contributed by atoms with E-state index in [1.54, 1.807) is 12.1 Å². The number of phenols is 1. The number of nitrogens with zero attached hydrogens (tertiary/aromatic N) is 2. The Morgan fingerprint density at radius 3 is 2.38 bits per heavy atom. The van der Waals surface area contributed by atoms with Crippen LogP contribution >= 0.6 is 0 Å². The highest BCUT2D eigenvalue weighted by atomic mass is 16.3. The molecular formula is C29H38N3O8. The highest BCUT2D eigenvalue weighted by molar-refractivity contribution is 6.25. The smallest absolute Gasteiger partial charge is 0.230 e. The summed E-state index contributed by atoms with van der Waals surface area (Å²) in [5.74, 6) is -8.60. The van der Waals surface area contributed by atoms with Gasteiger partial charge in [0, 0.05) is 29.9 Å². The van der Waals surface area contributed by atoms with Gasteiger partial charge in [0.05, 0.1) is 17.8 Å². The van der Waals surface area contributed by atoms with Crippen LogP contribution in [0.1, 0.15) is 36.0 Å². The van der Waals surface area contributed by atoms with Crippen LogP contribution in [0.25, 0.3) is 5.76 Å². The van der Waals surface area contributed by atoms with Gasteiger partial charge in [-0.15, -0.1) is 0 Å². The minimum absolute atomic E-state index is 0.00590. The Labute approximate surface area is 232 Å². The van der Waals surface area contributed by atoms with Crippen molar-refractivity contribution >= 4 is 23.2 Å². The number of aryl methyl sites for hydroxylation is 1. The molecule has 2 saturated carbocycles. The van der Waals surface area contributed by atoms with Crippen molar-refractivity contribution in [1.29, 1.82) is 0 Å². The number of rotatable bonds is 5. The van der Waals surface area contributed by atoms with E-state index in [4.69, 9.17) is 5.73 Å². The maximum atomic E-state index is 13.9. The van der Waals surface area contributed by atoms with Crippen molar-refractivity contribution < 1.29 is 39.9 Å². The summed E-state index contributed by atoms with van der Waals surface area (Å²) in [6.07, 6.45) is 1.77. The lowest BCUT2D eigenvalue weighted by Crippen LogP contribution is -2.76. The summed E-state index contributed by atoms with van der Waals surface area (Å²) in [5, 5.41) is 56.7. The van der Waals surface area contributed by atoms with E-state index in [0.29, 0.717) is 23.5 Å². The van der Waals surface area contributed by atoms with Gasteiger partial charge in [-0.1, -0.05) is 12.1 Å². The molecular weight excluding hydrogens is 518 g/mol. The van der Waals surface area contributed by atoms with E-state index in [2.05, 4.69) is 11.9 Å². The summed E-state index contributed by atoms with van der Waals surface area (Å²) in [4.78, 5) is 43.2. The monoisotopic (exact) mass is 556 g/mol. The second kappa shape index (κ2) is 10.2. The average molecular weight is 557 g/mol. The Kier molecular flexibility index (Phi) is 7.33. The topological polar surface area (TPSA) is 185 Å². The van der Waals surface area contributed by atoms with Gasteiger partial charge in [0.2, 0.25) is 11.7 Å². The lowest BCUT2D eigenvalue weighted by atomic mass is 9.53. The van der Waals surface area contributed by atoms with Crippen molar-refractivity contribution in [2.24, 2.45) is 29.4 Å². The van der Waals surface area contributed by atoms with E-state index >= 15 is 0 Å². The van der Waals surface area contributed by atoms with Crippen LogP contribution in [-0.2, 0) is 20.8 Å². The first-order valence-corrected chi connectivity index (χ1v) is 13.8. The predicted molar refractivity (Wildman–Crippen MR) is 144 cm³/mol. The minimum Gasteiger partial charge on any atom is -0.507 e. The van der Waals surface area contributed by atoms with Gasteiger partial charge in [-0.25, -0.2) is 0 Å². The van der Waals surface area contributed by atoms with Crippen molar-refractivity contribution in [3.63, 3.8) is 0 Å². The van der Waals surface area contributed by atoms with Crippen molar-refractivity contribution in [2.45, 2.75) is 49.5 Å². The van der Waals surface area contributed by atoms with Crippen LogP contribution in [0.3, 0.4) is 0 Å². The fraction of sp³-hybridized carbons (Fsp3) is 0.586. The largest absolute Gasteiger partial charge is 0.507 e. The van der Waals surface area contributed by atoms with E-state index in [0.717, 1.165) is 32.4 Å². The highest BCUT2D eigenvalue weighted by Gasteiger charge is 2.70. The van der Waals surface area contributed by atoms with Gasteiger partial charge < -0.3 is 41.1 Å². The molecule has 1 aliphatic heterocycles. The molecule has 40 heavy (non-hydrogen) atoms. The Balaban J connectivity index is 1.55. The molecule has 11 nitrogen and oxygen atoms in total. The number of carbonyl (C=O) groups is 3. The number of amides is 1. The van der Waals surface area contributed by atoms with Crippen LogP contribution in [0, 0.1) is 30.1 Å². The van der Waals surface area contributed by atoms with Gasteiger partial charge in [-0.05, 0) is 77.0 Å². The van der Waals surface area contributed by atoms with Gasteiger partial charge >= 0.3 is 0 Å². The van der Waals surface area contributed by atoms with Crippen molar-refractivity contribution in [3.05, 3.63) is 40.8 Å². The first-order valence-electron chi connectivity index (χ1n) is 13.8. The number of Topliss-reactive ketones (excluding diaryl/α,β-unsaturated/α-hetero) is 2. The average Bonchev–Trinajstić information content (AvgIpc) is 2.89. The molecule has 4 aliphatic rings. The third-order valence-electron chi connectivity index (χ3n) is 9.57. The normalized spacial score (nSPS) is 35.0. The number of hydrogen-bond donors (Lipinski definition) is 6. The summed E-state index contributed by atoms with van der Waals surface area (Å²) in [6.45, 7) is 2.03. The number of fused-ring (bicyclic) bond motifs is 3. The molecule has 7 N–H and O–H groups in total. The number of primary amides is 1. The molecule has 0 aromatic heterocycles. The second-order valence-corrected chi connectivity index (χ2v) is 12.1. The Bertz CT molecular complexity index is 1270. The number of nitrogens with two attached hydrogens (primary N) is 1. The molecule has 3 fully saturated rings. The number of aliphatic hydroxyl groups excluding tert-OH is 3. The first-order chi connectivity index (χ1) is 18.8. The van der Waals surface area contributed by atoms with Crippen molar-refractivity contribution in [3.8, 4) is 5.75 Å². The number of ketones is 2. The zero-order valence-electron chi connectivity index (χ0n) is 22.9. The highest BCUT2D eigenvalue weighted by Crippen LogP contribution is 2.53. The Morgan fingerprint density at radius 1 is 1.12 bits per heavy atom. The Morgan fingerprint density at radius 2 is 1.77 bits per heavy atom. The van der Waals surface area contributed by atoms with Crippen molar-refractivity contribution in [1.82, 2.24) is 9.80 Å². The molecule has 11 heteroatoms. The molecule has 1 saturated heterocycles. The lowest BCUT2D eigenvalue weighted by Gasteiger charge is -2.55. The number of piperidine rings is 1. The molecule has 2 unspecified atom stereocenters. The summed E-state index contributed by atoms with van der Waals surface area (Å²) < 4.78 is 0. The number of aliphatic hydroxyl groups is 4. The molecule has 5 rings (SSSR count). The first kappa shape index (κ1) is 28.7. The number of hydrogen-bond acceptors (Lipinski definition) is 10. The number of carbonyl (C=O) groups excluding carboxylic acids is 3. The van der Waals surface area contributed by atoms with Crippen LogP contribution in [0.4, 0.5) is 0 Å². The van der Waals surface area contributed by atoms with Crippen LogP contribution in [0.2, 0.25) is 0 Å². The van der Waals surface area contributed by atoms with Crippen LogP contribution < -0.4 is 5.73 Å². The molecule has 1 radical (unpaired) electrons. The maximum Gasteiger partial charge on any atom is 0.230 e. The SMILES string of the molecule is CN1CCC(CCc2ccc3c(c2O)C(O)=C2C(=O)[C@@]4(O)C(=O)C(C(N)=O)C(O)[C@H](N(C)C)[C@H]4[C@H](O)[C@H]2[CH]3)CC1. The summed E-state index contributed by atoms with van der Waals surface area (Å²) in [7, 11) is 5.13. The zero-order valence-corrected chi connectivity index (χ0v) is 22.9. The molecule has 0 spiro atoms. The van der Waals surface area contributed by atoms with Crippen LogP contribution in [0.5, 0.6) is 5.75 Å². The molecule has 1 aromatic carbocycles. The van der Waals surface area contributed by atoms with E-state index in [1.165, 1.54) is 25.4 Å². The van der Waals surface area contributed by atoms with Gasteiger partial charge in [0.1, 0.15) is 17.4 Å². The van der Waals surface area contributed by atoms with E-state index < -0.39 is 70.4 Å². The van der Waals surface area contributed by atoms with E-state index in [1.807, 2.05) is 0 Å². The molecule has 1 aromatic rings. The third kappa shape index (κ3) is 4.18. The fourth-order valence-corrected chi connectivity index (χ4v) is 7.33. The summed E-state index contributed by atoms with van der Waals surface area (Å²) >= 11 is 0. The molecule has 7 atom stereocenters. The third-order valence-corrected chi connectivity index (χ3v) is 9.57. The van der Waals surface area contributed by atoms with E-state index in [9.17, 15) is 39.9 Å². The van der Waals surface area contributed by atoms with Gasteiger partial charge in [0.25, 0.3) is 0 Å². The van der Waals surface area contributed by atoms with Crippen LogP contribution in [0.15, 0.2) is 17.7 Å². The van der Waals surface area contributed by atoms with Crippen LogP contribution in [-0.4, -0.2) is 111 Å². The molecule has 1 amide bonds. The van der Waals surface area contributed by atoms with Gasteiger partial charge in [0.15, 0.2) is 11.4 Å². The predicted octanol–water partition coefficient (Wildman–Crippen LogP) is -0.616. The maximum absolute atomic E-state index is 13.9. The molecule has 1 heterocycles. The number of likely N-dealkylation sites (N-methyl/N-ethyl adjacent to an activating group) is 1. The zero-order chi connectivity index (χ0) is 29.3.